The number of aromatic nitrogens is 2. The summed E-state index contributed by atoms with van der Waals surface area (Å²) in [5.41, 5.74) is 3.16. The van der Waals surface area contributed by atoms with E-state index < -0.39 is 0 Å². The highest BCUT2D eigenvalue weighted by molar-refractivity contribution is 15.0. The van der Waals surface area contributed by atoms with Crippen LogP contribution in [0.5, 0.6) is 0 Å². The Kier molecular flexibility index (Phi) is 6.78. The molecule has 0 amide bonds. The van der Waals surface area contributed by atoms with Crippen LogP contribution in [0.4, 0.5) is 5.69 Å². The third-order valence-electron chi connectivity index (χ3n) is 2.21. The molecule has 0 bridgehead atoms. The van der Waals surface area contributed by atoms with E-state index in [1.54, 1.807) is 4.68 Å². The molecule has 17 heavy (non-hydrogen) atoms. The third-order valence-corrected chi connectivity index (χ3v) is 2.79. The second-order valence-electron chi connectivity index (χ2n) is 3.33. The van der Waals surface area contributed by atoms with Gasteiger partial charge in [0.25, 0.3) is 0 Å². The first kappa shape index (κ1) is 15.2. The monoisotopic (exact) mass is 519 g/mol. The minimum absolute atomic E-state index is 0.967. The number of benzene rings is 1. The van der Waals surface area contributed by atoms with Gasteiger partial charge in [-0.15, -0.1) is 0 Å². The molecule has 0 saturated carbocycles. The summed E-state index contributed by atoms with van der Waals surface area (Å²) >= 11 is 7.74. The van der Waals surface area contributed by atoms with Crippen molar-refractivity contribution in [3.8, 4) is 11.3 Å². The number of nitrogens with one attached hydrogen (secondary N) is 1. The standard InChI is InChI=1S/C11H12BrN3.I2/c1-13-9-5-3-4-8(6-9)11-10(12)7-15(2)14-11;1-2/h3-7,13H,1-2H3;. The lowest BCUT2D eigenvalue weighted by molar-refractivity contribution is 0.770. The van der Waals surface area contributed by atoms with Crippen molar-refractivity contribution in [2.24, 2.45) is 7.05 Å². The van der Waals surface area contributed by atoms with E-state index in [-0.39, 0.29) is 0 Å². The molecule has 2 aromatic rings. The van der Waals surface area contributed by atoms with Crippen LogP contribution < -0.4 is 5.32 Å². The van der Waals surface area contributed by atoms with E-state index in [1.807, 2.05) is 38.5 Å². The van der Waals surface area contributed by atoms with E-state index in [4.69, 9.17) is 0 Å². The van der Waals surface area contributed by atoms with E-state index in [0.717, 1.165) is 21.4 Å². The summed E-state index contributed by atoms with van der Waals surface area (Å²) in [7, 11) is 3.82. The Labute approximate surface area is 133 Å². The average Bonchev–Trinajstić information content (AvgIpc) is 2.71. The molecule has 1 heterocycles. The normalized spacial score (nSPS) is 9.47. The molecule has 92 valence electrons. The van der Waals surface area contributed by atoms with Gasteiger partial charge in [0.05, 0.1) is 4.47 Å². The zero-order chi connectivity index (χ0) is 12.8. The van der Waals surface area contributed by atoms with Crippen molar-refractivity contribution < 1.29 is 0 Å². The van der Waals surface area contributed by atoms with E-state index in [1.165, 1.54) is 0 Å². The number of rotatable bonds is 2. The molecule has 0 unspecified atom stereocenters. The van der Waals surface area contributed by atoms with Crippen molar-refractivity contribution in [2.75, 3.05) is 12.4 Å². The Morgan fingerprint density at radius 2 is 2.06 bits per heavy atom. The number of hydrogen-bond acceptors (Lipinski definition) is 2. The zero-order valence-corrected chi connectivity index (χ0v) is 15.3. The lowest BCUT2D eigenvalue weighted by atomic mass is 10.1. The molecule has 2 rings (SSSR count). The number of halogens is 3. The van der Waals surface area contributed by atoms with Gasteiger partial charge in [-0.1, -0.05) is 12.1 Å². The molecule has 0 aliphatic rings. The number of nitrogens with zero attached hydrogens (tertiary/aromatic N) is 2. The predicted octanol–water partition coefficient (Wildman–Crippen LogP) is 4.66. The van der Waals surface area contributed by atoms with E-state index in [2.05, 4.69) is 69.6 Å². The fourth-order valence-electron chi connectivity index (χ4n) is 1.48. The molecule has 0 saturated heterocycles. The first-order valence-corrected chi connectivity index (χ1v) is 11.9. The second kappa shape index (κ2) is 7.57. The van der Waals surface area contributed by atoms with Crippen molar-refractivity contribution in [3.63, 3.8) is 0 Å². The van der Waals surface area contributed by atoms with Crippen LogP contribution in [0, 0.1) is 0 Å². The summed E-state index contributed by atoms with van der Waals surface area (Å²) in [4.78, 5) is 0. The third kappa shape index (κ3) is 4.09. The summed E-state index contributed by atoms with van der Waals surface area (Å²) < 4.78 is 2.81. The molecule has 0 aliphatic carbocycles. The molecule has 6 heteroatoms. The average molecular weight is 520 g/mol. The first-order chi connectivity index (χ1) is 8.20. The molecule has 1 N–H and O–H groups in total. The number of hydrogen-bond donors (Lipinski definition) is 1. The van der Waals surface area contributed by atoms with Crippen molar-refractivity contribution in [1.82, 2.24) is 9.78 Å². The second-order valence-corrected chi connectivity index (χ2v) is 4.18. The van der Waals surface area contributed by atoms with Gasteiger partial charge in [0.15, 0.2) is 0 Å². The van der Waals surface area contributed by atoms with Crippen LogP contribution in [-0.4, -0.2) is 16.8 Å². The largest absolute Gasteiger partial charge is 0.388 e. The smallest absolute Gasteiger partial charge is 0.107 e. The molecular weight excluding hydrogens is 508 g/mol. The van der Waals surface area contributed by atoms with Crippen LogP contribution in [0.3, 0.4) is 0 Å². The fourth-order valence-corrected chi connectivity index (χ4v) is 2.08. The molecule has 0 radical (unpaired) electrons. The lowest BCUT2D eigenvalue weighted by Crippen LogP contribution is -1.90. The highest BCUT2D eigenvalue weighted by Crippen LogP contribution is 2.27. The van der Waals surface area contributed by atoms with Gasteiger partial charge in [-0.3, -0.25) is 4.68 Å². The van der Waals surface area contributed by atoms with Gasteiger partial charge in [-0.05, 0) is 28.1 Å². The van der Waals surface area contributed by atoms with E-state index >= 15 is 0 Å². The molecule has 1 aromatic carbocycles. The van der Waals surface area contributed by atoms with Gasteiger partial charge in [0.1, 0.15) is 5.69 Å². The van der Waals surface area contributed by atoms with Crippen LogP contribution in [0.2, 0.25) is 0 Å². The maximum absolute atomic E-state index is 4.40. The van der Waals surface area contributed by atoms with Crippen molar-refractivity contribution >= 4 is 58.8 Å². The molecule has 0 atom stereocenters. The van der Waals surface area contributed by atoms with E-state index in [9.17, 15) is 0 Å². The van der Waals surface area contributed by atoms with Crippen LogP contribution in [-0.2, 0) is 7.05 Å². The van der Waals surface area contributed by atoms with Crippen molar-refractivity contribution in [2.45, 2.75) is 0 Å². The summed E-state index contributed by atoms with van der Waals surface area (Å²) in [5, 5.41) is 7.51. The van der Waals surface area contributed by atoms with Gasteiger partial charge < -0.3 is 5.32 Å². The van der Waals surface area contributed by atoms with Crippen molar-refractivity contribution in [3.05, 3.63) is 34.9 Å². The zero-order valence-electron chi connectivity index (χ0n) is 9.42. The molecule has 0 spiro atoms. The first-order valence-electron chi connectivity index (χ1n) is 4.82. The SMILES string of the molecule is CNc1cccc(-c2nn(C)cc2Br)c1.II. The summed E-state index contributed by atoms with van der Waals surface area (Å²) in [6.07, 6.45) is 1.95. The van der Waals surface area contributed by atoms with Crippen LogP contribution in [0.25, 0.3) is 11.3 Å². The number of aryl methyl sites for hydroxylation is 1. The molecule has 1 aromatic heterocycles. The van der Waals surface area contributed by atoms with Gasteiger partial charge in [-0.25, -0.2) is 0 Å². The highest BCUT2D eigenvalue weighted by Gasteiger charge is 2.07. The van der Waals surface area contributed by atoms with Crippen molar-refractivity contribution in [1.29, 1.82) is 0 Å². The summed E-state index contributed by atoms with van der Waals surface area (Å²) in [6.45, 7) is 0. The Bertz CT molecular complexity index is 485. The number of anilines is 1. The maximum Gasteiger partial charge on any atom is 0.107 e. The molecule has 3 nitrogen and oxygen atoms in total. The predicted molar refractivity (Wildman–Crippen MR) is 93.9 cm³/mol. The van der Waals surface area contributed by atoms with Crippen LogP contribution in [0.1, 0.15) is 0 Å². The lowest BCUT2D eigenvalue weighted by Gasteiger charge is -2.02. The van der Waals surface area contributed by atoms with Gasteiger partial charge in [-0.2, -0.15) is 5.10 Å². The highest BCUT2D eigenvalue weighted by atomic mass is 128. The Hall–Kier alpha value is 0.170. The van der Waals surface area contributed by atoms with Gasteiger partial charge in [0, 0.05) is 68.8 Å². The quantitative estimate of drug-likeness (QED) is 0.585. The molecular formula is C11H12BrI2N3. The van der Waals surface area contributed by atoms with Crippen LogP contribution >= 0.6 is 53.2 Å². The van der Waals surface area contributed by atoms with Gasteiger partial charge >= 0.3 is 0 Å². The minimum atomic E-state index is 0.967. The van der Waals surface area contributed by atoms with Crippen LogP contribution in [0.15, 0.2) is 34.9 Å². The Morgan fingerprint density at radius 3 is 2.59 bits per heavy atom. The fraction of sp³-hybridized carbons (Fsp3) is 0.182. The Balaban J connectivity index is 0.000000686. The van der Waals surface area contributed by atoms with E-state index in [0.29, 0.717) is 0 Å². The maximum atomic E-state index is 4.40. The van der Waals surface area contributed by atoms with Gasteiger partial charge in [0.2, 0.25) is 0 Å². The summed E-state index contributed by atoms with van der Waals surface area (Å²) in [5.74, 6) is 0. The minimum Gasteiger partial charge on any atom is -0.388 e. The molecule has 0 aliphatic heterocycles. The molecule has 0 fully saturated rings. The summed E-state index contributed by atoms with van der Waals surface area (Å²) in [6, 6.07) is 8.17. The topological polar surface area (TPSA) is 29.9 Å². The Morgan fingerprint density at radius 1 is 1.35 bits per heavy atom.